The number of hydrogen-bond donors (Lipinski definition) is 0. The van der Waals surface area contributed by atoms with Gasteiger partial charge in [-0.05, 0) is 5.56 Å². The summed E-state index contributed by atoms with van der Waals surface area (Å²) < 4.78 is 0. The molecular formula is C8H9NO2. The van der Waals surface area contributed by atoms with Crippen molar-refractivity contribution in [3.05, 3.63) is 40.8 Å². The van der Waals surface area contributed by atoms with E-state index in [2.05, 4.69) is 10.2 Å². The van der Waals surface area contributed by atoms with Gasteiger partial charge in [-0.2, -0.15) is 0 Å². The first-order valence-corrected chi connectivity index (χ1v) is 3.42. The molecule has 0 radical (unpaired) electrons. The van der Waals surface area contributed by atoms with Gasteiger partial charge in [0.1, 0.15) is 6.61 Å². The van der Waals surface area contributed by atoms with Gasteiger partial charge >= 0.3 is 0 Å². The van der Waals surface area contributed by atoms with Gasteiger partial charge in [0, 0.05) is 6.42 Å². The lowest BCUT2D eigenvalue weighted by molar-refractivity contribution is 0.143. The van der Waals surface area contributed by atoms with E-state index in [9.17, 15) is 4.91 Å². The van der Waals surface area contributed by atoms with Crippen LogP contribution < -0.4 is 0 Å². The molecule has 0 heterocycles. The topological polar surface area (TPSA) is 38.7 Å². The monoisotopic (exact) mass is 151 g/mol. The third-order valence-corrected chi connectivity index (χ3v) is 1.38. The van der Waals surface area contributed by atoms with Crippen molar-refractivity contribution in [1.82, 2.24) is 0 Å². The molecular weight excluding hydrogens is 142 g/mol. The van der Waals surface area contributed by atoms with Gasteiger partial charge < -0.3 is 4.84 Å². The van der Waals surface area contributed by atoms with Crippen molar-refractivity contribution < 1.29 is 4.84 Å². The van der Waals surface area contributed by atoms with Crippen molar-refractivity contribution in [2.45, 2.75) is 6.42 Å². The number of nitrogens with zero attached hydrogens (tertiary/aromatic N) is 1. The summed E-state index contributed by atoms with van der Waals surface area (Å²) in [5.74, 6) is 0. The van der Waals surface area contributed by atoms with Crippen molar-refractivity contribution in [3.8, 4) is 0 Å². The summed E-state index contributed by atoms with van der Waals surface area (Å²) in [4.78, 5) is 13.8. The van der Waals surface area contributed by atoms with Crippen LogP contribution >= 0.6 is 0 Å². The lowest BCUT2D eigenvalue weighted by Crippen LogP contribution is -1.92. The first-order chi connectivity index (χ1) is 5.43. The van der Waals surface area contributed by atoms with Crippen molar-refractivity contribution in [3.63, 3.8) is 0 Å². The van der Waals surface area contributed by atoms with Gasteiger partial charge in [-0.25, -0.2) is 0 Å². The van der Waals surface area contributed by atoms with E-state index < -0.39 is 0 Å². The van der Waals surface area contributed by atoms with E-state index in [1.807, 2.05) is 30.3 Å². The molecule has 1 aromatic carbocycles. The minimum absolute atomic E-state index is 0.355. The van der Waals surface area contributed by atoms with Gasteiger partial charge in [-0.1, -0.05) is 30.3 Å². The third-order valence-electron chi connectivity index (χ3n) is 1.38. The van der Waals surface area contributed by atoms with E-state index in [4.69, 9.17) is 0 Å². The predicted molar refractivity (Wildman–Crippen MR) is 41.9 cm³/mol. The minimum Gasteiger partial charge on any atom is -0.364 e. The average Bonchev–Trinajstić information content (AvgIpc) is 2.07. The highest BCUT2D eigenvalue weighted by molar-refractivity contribution is 5.14. The molecule has 1 aromatic rings. The molecule has 11 heavy (non-hydrogen) atoms. The molecule has 0 fully saturated rings. The van der Waals surface area contributed by atoms with E-state index in [0.717, 1.165) is 12.0 Å². The Morgan fingerprint density at radius 1 is 1.27 bits per heavy atom. The maximum Gasteiger partial charge on any atom is 0.155 e. The molecule has 0 saturated carbocycles. The van der Waals surface area contributed by atoms with E-state index in [1.54, 1.807) is 0 Å². The molecule has 58 valence electrons. The fourth-order valence-corrected chi connectivity index (χ4v) is 0.845. The number of hydrogen-bond acceptors (Lipinski definition) is 3. The Morgan fingerprint density at radius 2 is 2.00 bits per heavy atom. The molecule has 3 nitrogen and oxygen atoms in total. The molecule has 0 unspecified atom stereocenters. The fraction of sp³-hybridized carbons (Fsp3) is 0.250. The van der Waals surface area contributed by atoms with Crippen LogP contribution in [-0.2, 0) is 11.3 Å². The summed E-state index contributed by atoms with van der Waals surface area (Å²) >= 11 is 0. The van der Waals surface area contributed by atoms with Crippen LogP contribution in [0.3, 0.4) is 0 Å². The van der Waals surface area contributed by atoms with E-state index in [-0.39, 0.29) is 0 Å². The standard InChI is InChI=1S/C8H9NO2/c10-9-11-7-6-8-4-2-1-3-5-8/h1-5H,6-7H2. The Hall–Kier alpha value is -1.38. The second-order valence-electron chi connectivity index (χ2n) is 2.14. The Morgan fingerprint density at radius 3 is 2.64 bits per heavy atom. The molecule has 0 aliphatic rings. The summed E-state index contributed by atoms with van der Waals surface area (Å²) in [6, 6.07) is 9.80. The smallest absolute Gasteiger partial charge is 0.155 e. The Balaban J connectivity index is 2.33. The average molecular weight is 151 g/mol. The summed E-state index contributed by atoms with van der Waals surface area (Å²) in [6.45, 7) is 0.355. The van der Waals surface area contributed by atoms with Gasteiger partial charge in [-0.15, -0.1) is 4.91 Å². The molecule has 0 N–H and O–H groups in total. The summed E-state index contributed by atoms with van der Waals surface area (Å²) in [5, 5.41) is 2.30. The van der Waals surface area contributed by atoms with Crippen molar-refractivity contribution in [1.29, 1.82) is 0 Å². The molecule has 0 amide bonds. The molecule has 0 aromatic heterocycles. The molecule has 3 heteroatoms. The molecule has 0 aliphatic heterocycles. The van der Waals surface area contributed by atoms with Crippen LogP contribution in [0.15, 0.2) is 35.7 Å². The van der Waals surface area contributed by atoms with Gasteiger partial charge in [0.05, 0.1) is 0 Å². The zero-order valence-electron chi connectivity index (χ0n) is 6.06. The van der Waals surface area contributed by atoms with E-state index >= 15 is 0 Å². The molecule has 0 saturated heterocycles. The lowest BCUT2D eigenvalue weighted by atomic mass is 10.2. The van der Waals surface area contributed by atoms with Gasteiger partial charge in [0.15, 0.2) is 5.34 Å². The zero-order chi connectivity index (χ0) is 7.94. The summed E-state index contributed by atoms with van der Waals surface area (Å²) in [7, 11) is 0. The van der Waals surface area contributed by atoms with Gasteiger partial charge in [0.2, 0.25) is 0 Å². The largest absolute Gasteiger partial charge is 0.364 e. The second kappa shape index (κ2) is 4.44. The minimum atomic E-state index is 0.355. The quantitative estimate of drug-likeness (QED) is 0.374. The predicted octanol–water partition coefficient (Wildman–Crippen LogP) is 1.93. The first-order valence-electron chi connectivity index (χ1n) is 3.42. The zero-order valence-corrected chi connectivity index (χ0v) is 6.06. The van der Waals surface area contributed by atoms with Crippen LogP contribution in [0.5, 0.6) is 0 Å². The maximum absolute atomic E-state index is 9.52. The highest BCUT2D eigenvalue weighted by Crippen LogP contribution is 1.99. The molecule has 0 bridgehead atoms. The van der Waals surface area contributed by atoms with Crippen LogP contribution in [0.2, 0.25) is 0 Å². The Kier molecular flexibility index (Phi) is 3.12. The lowest BCUT2D eigenvalue weighted by Gasteiger charge is -1.96. The van der Waals surface area contributed by atoms with Crippen LogP contribution in [-0.4, -0.2) is 6.61 Å². The fourth-order valence-electron chi connectivity index (χ4n) is 0.845. The van der Waals surface area contributed by atoms with Crippen LogP contribution in [0.1, 0.15) is 5.56 Å². The molecule has 0 atom stereocenters. The van der Waals surface area contributed by atoms with Crippen molar-refractivity contribution >= 4 is 0 Å². The van der Waals surface area contributed by atoms with Crippen molar-refractivity contribution in [2.24, 2.45) is 5.34 Å². The number of benzene rings is 1. The van der Waals surface area contributed by atoms with Crippen molar-refractivity contribution in [2.75, 3.05) is 6.61 Å². The first kappa shape index (κ1) is 7.72. The summed E-state index contributed by atoms with van der Waals surface area (Å²) in [6.07, 6.45) is 0.729. The Labute approximate surface area is 64.9 Å². The van der Waals surface area contributed by atoms with E-state index in [0.29, 0.717) is 6.61 Å². The van der Waals surface area contributed by atoms with Gasteiger partial charge in [-0.3, -0.25) is 0 Å². The highest BCUT2D eigenvalue weighted by atomic mass is 16.7. The Bertz CT molecular complexity index is 211. The SMILES string of the molecule is O=NOCCc1ccccc1. The van der Waals surface area contributed by atoms with E-state index in [1.165, 1.54) is 0 Å². The summed E-state index contributed by atoms with van der Waals surface area (Å²) in [5.41, 5.74) is 1.15. The highest BCUT2D eigenvalue weighted by Gasteiger charge is 1.90. The normalized spacial score (nSPS) is 9.09. The maximum atomic E-state index is 9.52. The van der Waals surface area contributed by atoms with Crippen LogP contribution in [0.4, 0.5) is 0 Å². The molecule has 0 aliphatic carbocycles. The van der Waals surface area contributed by atoms with Crippen LogP contribution in [0, 0.1) is 4.91 Å². The van der Waals surface area contributed by atoms with Gasteiger partial charge in [0.25, 0.3) is 0 Å². The van der Waals surface area contributed by atoms with Crippen LogP contribution in [0.25, 0.3) is 0 Å². The second-order valence-corrected chi connectivity index (χ2v) is 2.14. The molecule has 0 spiro atoms. The molecule has 1 rings (SSSR count). The number of rotatable bonds is 4. The third kappa shape index (κ3) is 2.80.